The molecule has 0 bridgehead atoms. The highest BCUT2D eigenvalue weighted by atomic mass is 16.5. The molecule has 4 heteroatoms. The number of ether oxygens (including phenoxy) is 1. The molecule has 3 rings (SSSR count). The van der Waals surface area contributed by atoms with Gasteiger partial charge in [0.05, 0.1) is 12.2 Å². The van der Waals surface area contributed by atoms with E-state index in [2.05, 4.69) is 28.8 Å². The van der Waals surface area contributed by atoms with Crippen molar-refractivity contribution in [1.29, 1.82) is 0 Å². The molecule has 2 aromatic carbocycles. The summed E-state index contributed by atoms with van der Waals surface area (Å²) in [5.41, 5.74) is 3.76. The normalized spacial score (nSPS) is 11.0. The van der Waals surface area contributed by atoms with Crippen LogP contribution in [0, 0.1) is 6.92 Å². The van der Waals surface area contributed by atoms with Crippen molar-refractivity contribution in [3.05, 3.63) is 65.4 Å². The van der Waals surface area contributed by atoms with Gasteiger partial charge in [-0.1, -0.05) is 30.3 Å². The molecular formula is C22H25NO3. The van der Waals surface area contributed by atoms with Crippen LogP contribution in [0.3, 0.4) is 0 Å². The summed E-state index contributed by atoms with van der Waals surface area (Å²) in [5.74, 6) is -0.173. The molecule has 1 N–H and O–H groups in total. The number of hydrogen-bond acceptors (Lipinski definition) is 3. The molecule has 0 amide bonds. The summed E-state index contributed by atoms with van der Waals surface area (Å²) in [5, 5.41) is 10.6. The van der Waals surface area contributed by atoms with Crippen LogP contribution in [0.1, 0.15) is 41.4 Å². The SMILES string of the molecule is CCOC(=O)c1c(C)n(CCCCc2ccccc2)c2ccc(O)cc12. The molecule has 0 aliphatic rings. The molecule has 3 aromatic rings. The maximum Gasteiger partial charge on any atom is 0.340 e. The number of rotatable bonds is 7. The number of aryl methyl sites for hydroxylation is 2. The molecule has 0 aliphatic heterocycles. The minimum Gasteiger partial charge on any atom is -0.508 e. The van der Waals surface area contributed by atoms with Gasteiger partial charge >= 0.3 is 5.97 Å². The molecule has 136 valence electrons. The van der Waals surface area contributed by atoms with Gasteiger partial charge in [-0.05, 0) is 56.9 Å². The first-order valence-corrected chi connectivity index (χ1v) is 9.14. The fourth-order valence-electron chi connectivity index (χ4n) is 3.46. The second kappa shape index (κ2) is 8.09. The van der Waals surface area contributed by atoms with Crippen LogP contribution in [-0.2, 0) is 17.7 Å². The van der Waals surface area contributed by atoms with Crippen LogP contribution in [0.25, 0.3) is 10.9 Å². The van der Waals surface area contributed by atoms with E-state index in [1.165, 1.54) is 5.56 Å². The van der Waals surface area contributed by atoms with E-state index in [9.17, 15) is 9.90 Å². The standard InChI is InChI=1S/C22H25NO3/c1-3-26-22(25)21-16(2)23(20-13-12-18(24)15-19(20)21)14-8-7-11-17-9-5-4-6-10-17/h4-6,9-10,12-13,15,24H,3,7-8,11,14H2,1-2H3. The van der Waals surface area contributed by atoms with Crippen molar-refractivity contribution < 1.29 is 14.6 Å². The largest absolute Gasteiger partial charge is 0.508 e. The first-order chi connectivity index (χ1) is 12.6. The van der Waals surface area contributed by atoms with Gasteiger partial charge in [-0.15, -0.1) is 0 Å². The summed E-state index contributed by atoms with van der Waals surface area (Å²) in [6.07, 6.45) is 3.14. The van der Waals surface area contributed by atoms with E-state index in [1.54, 1.807) is 19.1 Å². The van der Waals surface area contributed by atoms with Crippen molar-refractivity contribution >= 4 is 16.9 Å². The summed E-state index contributed by atoms with van der Waals surface area (Å²) in [4.78, 5) is 12.4. The Morgan fingerprint density at radius 2 is 1.88 bits per heavy atom. The monoisotopic (exact) mass is 351 g/mol. The van der Waals surface area contributed by atoms with E-state index in [1.807, 2.05) is 19.1 Å². The Morgan fingerprint density at radius 1 is 1.12 bits per heavy atom. The molecule has 1 aromatic heterocycles. The molecule has 0 spiro atoms. The fraction of sp³-hybridized carbons (Fsp3) is 0.318. The fourth-order valence-corrected chi connectivity index (χ4v) is 3.46. The van der Waals surface area contributed by atoms with Crippen molar-refractivity contribution in [2.24, 2.45) is 0 Å². The molecule has 0 radical (unpaired) electrons. The maximum atomic E-state index is 12.4. The van der Waals surface area contributed by atoms with Crippen molar-refractivity contribution in [2.45, 2.75) is 39.7 Å². The number of nitrogens with zero attached hydrogens (tertiary/aromatic N) is 1. The smallest absolute Gasteiger partial charge is 0.340 e. The summed E-state index contributed by atoms with van der Waals surface area (Å²) in [6, 6.07) is 15.7. The number of carbonyl (C=O) groups excluding carboxylic acids is 1. The molecule has 0 saturated carbocycles. The second-order valence-corrected chi connectivity index (χ2v) is 6.48. The zero-order valence-electron chi connectivity index (χ0n) is 15.4. The molecule has 0 unspecified atom stereocenters. The quantitative estimate of drug-likeness (QED) is 0.489. The van der Waals surface area contributed by atoms with Crippen LogP contribution < -0.4 is 0 Å². The molecule has 4 nitrogen and oxygen atoms in total. The number of aromatic hydroxyl groups is 1. The van der Waals surface area contributed by atoms with Crippen molar-refractivity contribution in [3.63, 3.8) is 0 Å². The average molecular weight is 351 g/mol. The molecule has 0 saturated heterocycles. The highest BCUT2D eigenvalue weighted by molar-refractivity contribution is 6.06. The Kier molecular flexibility index (Phi) is 5.61. The Bertz CT molecular complexity index is 897. The van der Waals surface area contributed by atoms with Crippen LogP contribution in [0.4, 0.5) is 0 Å². The van der Waals surface area contributed by atoms with Crippen molar-refractivity contribution in [3.8, 4) is 5.75 Å². The van der Waals surface area contributed by atoms with Gasteiger partial charge in [0.1, 0.15) is 5.75 Å². The minimum atomic E-state index is -0.330. The summed E-state index contributed by atoms with van der Waals surface area (Å²) < 4.78 is 7.38. The number of phenolic OH excluding ortho intramolecular Hbond substituents is 1. The maximum absolute atomic E-state index is 12.4. The lowest BCUT2D eigenvalue weighted by atomic mass is 10.1. The Hall–Kier alpha value is -2.75. The van der Waals surface area contributed by atoms with Crippen molar-refractivity contribution in [1.82, 2.24) is 4.57 Å². The Labute approximate surface area is 154 Å². The third-order valence-electron chi connectivity index (χ3n) is 4.73. The number of phenols is 1. The van der Waals surface area contributed by atoms with Gasteiger partial charge in [-0.2, -0.15) is 0 Å². The van der Waals surface area contributed by atoms with Gasteiger partial charge < -0.3 is 14.4 Å². The molecule has 0 atom stereocenters. The highest BCUT2D eigenvalue weighted by Gasteiger charge is 2.21. The first-order valence-electron chi connectivity index (χ1n) is 9.14. The topological polar surface area (TPSA) is 51.5 Å². The molecular weight excluding hydrogens is 326 g/mol. The van der Waals surface area contributed by atoms with Gasteiger partial charge in [0, 0.05) is 23.1 Å². The van der Waals surface area contributed by atoms with E-state index < -0.39 is 0 Å². The minimum absolute atomic E-state index is 0.157. The molecule has 0 fully saturated rings. The number of carbonyl (C=O) groups is 1. The number of unbranched alkanes of at least 4 members (excludes halogenated alkanes) is 1. The van der Waals surface area contributed by atoms with E-state index >= 15 is 0 Å². The summed E-state index contributed by atoms with van der Waals surface area (Å²) >= 11 is 0. The van der Waals surface area contributed by atoms with E-state index in [0.717, 1.165) is 42.4 Å². The van der Waals surface area contributed by atoms with Gasteiger partial charge in [-0.25, -0.2) is 4.79 Å². The highest BCUT2D eigenvalue weighted by Crippen LogP contribution is 2.30. The lowest BCUT2D eigenvalue weighted by molar-refractivity contribution is 0.0527. The lowest BCUT2D eigenvalue weighted by Gasteiger charge is -2.09. The van der Waals surface area contributed by atoms with E-state index in [4.69, 9.17) is 4.74 Å². The zero-order valence-corrected chi connectivity index (χ0v) is 15.4. The molecule has 1 heterocycles. The van der Waals surface area contributed by atoms with E-state index in [0.29, 0.717) is 12.2 Å². The lowest BCUT2D eigenvalue weighted by Crippen LogP contribution is -2.08. The van der Waals surface area contributed by atoms with E-state index in [-0.39, 0.29) is 11.7 Å². The number of hydrogen-bond donors (Lipinski definition) is 1. The predicted molar refractivity (Wildman–Crippen MR) is 104 cm³/mol. The van der Waals surface area contributed by atoms with Gasteiger partial charge in [0.25, 0.3) is 0 Å². The third kappa shape index (κ3) is 3.74. The van der Waals surface area contributed by atoms with Gasteiger partial charge in [0.15, 0.2) is 0 Å². The molecule has 26 heavy (non-hydrogen) atoms. The number of esters is 1. The van der Waals surface area contributed by atoms with Crippen LogP contribution in [-0.4, -0.2) is 22.2 Å². The third-order valence-corrected chi connectivity index (χ3v) is 4.73. The predicted octanol–water partition coefficient (Wildman–Crippen LogP) is 4.85. The number of aromatic nitrogens is 1. The van der Waals surface area contributed by atoms with Gasteiger partial charge in [-0.3, -0.25) is 0 Å². The Balaban J connectivity index is 1.81. The van der Waals surface area contributed by atoms with Gasteiger partial charge in [0.2, 0.25) is 0 Å². The van der Waals surface area contributed by atoms with Crippen LogP contribution in [0.5, 0.6) is 5.75 Å². The Morgan fingerprint density at radius 3 is 2.62 bits per heavy atom. The van der Waals surface area contributed by atoms with Crippen LogP contribution in [0.15, 0.2) is 48.5 Å². The van der Waals surface area contributed by atoms with Crippen LogP contribution >= 0.6 is 0 Å². The number of fused-ring (bicyclic) bond motifs is 1. The summed E-state index contributed by atoms with van der Waals surface area (Å²) in [7, 11) is 0. The zero-order chi connectivity index (χ0) is 18.5. The van der Waals surface area contributed by atoms with Crippen molar-refractivity contribution in [2.75, 3.05) is 6.61 Å². The van der Waals surface area contributed by atoms with Crippen LogP contribution in [0.2, 0.25) is 0 Å². The molecule has 0 aliphatic carbocycles. The average Bonchev–Trinajstić information content (AvgIpc) is 2.90. The first kappa shape index (κ1) is 18.1. The second-order valence-electron chi connectivity index (χ2n) is 6.48. The summed E-state index contributed by atoms with van der Waals surface area (Å²) in [6.45, 7) is 4.91. The number of benzene rings is 2.